The maximum Gasteiger partial charge on any atom is 0.354 e. The summed E-state index contributed by atoms with van der Waals surface area (Å²) in [6.45, 7) is 8.10. The fraction of sp³-hybridized carbons (Fsp3) is 0.444. The molecule has 124 valence electrons. The fourth-order valence-electron chi connectivity index (χ4n) is 2.69. The van der Waals surface area contributed by atoms with Crippen LogP contribution in [-0.4, -0.2) is 31.9 Å². The maximum atomic E-state index is 12.1. The first kappa shape index (κ1) is 17.1. The molecule has 1 aliphatic heterocycles. The van der Waals surface area contributed by atoms with Crippen LogP contribution in [0.25, 0.3) is 0 Å². The molecule has 0 radical (unpaired) electrons. The lowest BCUT2D eigenvalue weighted by atomic mass is 9.79. The lowest BCUT2D eigenvalue weighted by Crippen LogP contribution is -2.41. The molecule has 0 saturated carbocycles. The molecule has 1 aromatic rings. The molecule has 0 amide bonds. The van der Waals surface area contributed by atoms with Crippen LogP contribution in [0.4, 0.5) is 5.69 Å². The van der Waals surface area contributed by atoms with E-state index in [2.05, 4.69) is 11.2 Å². The molecule has 1 heterocycles. The van der Waals surface area contributed by atoms with Crippen molar-refractivity contribution in [3.63, 3.8) is 0 Å². The summed E-state index contributed by atoms with van der Waals surface area (Å²) in [6.07, 6.45) is 2.13. The Labute approximate surface area is 137 Å². The highest BCUT2D eigenvalue weighted by Gasteiger charge is 2.47. The van der Waals surface area contributed by atoms with Crippen LogP contribution in [0.3, 0.4) is 0 Å². The van der Waals surface area contributed by atoms with Gasteiger partial charge >= 0.3 is 5.97 Å². The van der Waals surface area contributed by atoms with Crippen LogP contribution in [0, 0.1) is 5.41 Å². The predicted molar refractivity (Wildman–Crippen MR) is 91.9 cm³/mol. The number of methoxy groups -OCH3 is 2. The first-order chi connectivity index (χ1) is 10.8. The Morgan fingerprint density at radius 2 is 1.83 bits per heavy atom. The number of allylic oxidation sites excluding steroid dienone is 1. The summed E-state index contributed by atoms with van der Waals surface area (Å²) in [5, 5.41) is 6.44. The van der Waals surface area contributed by atoms with Gasteiger partial charge in [0.15, 0.2) is 5.71 Å². The zero-order valence-electron chi connectivity index (χ0n) is 14.6. The van der Waals surface area contributed by atoms with Crippen LogP contribution in [-0.2, 0) is 9.53 Å². The van der Waals surface area contributed by atoms with Gasteiger partial charge in [0.1, 0.15) is 5.75 Å². The third-order valence-electron chi connectivity index (χ3n) is 4.03. The van der Waals surface area contributed by atoms with Crippen molar-refractivity contribution in [2.75, 3.05) is 19.2 Å². The number of hydrazone groups is 1. The van der Waals surface area contributed by atoms with E-state index < -0.39 is 11.4 Å². The van der Waals surface area contributed by atoms with E-state index in [0.717, 1.165) is 11.4 Å². The first-order valence-electron chi connectivity index (χ1n) is 7.57. The van der Waals surface area contributed by atoms with Crippen molar-refractivity contribution in [2.45, 2.75) is 33.7 Å². The number of ether oxygens (including phenoxy) is 2. The number of esters is 1. The standard InChI is InChI=1S/C18H24N2O3/c1-12(2)11-15-18(3,4)16(17(21)23-6)19-20(15)13-7-9-14(22-5)10-8-13/h7-11,15H,1-6H3. The number of hydrogen-bond acceptors (Lipinski definition) is 5. The van der Waals surface area contributed by atoms with Gasteiger partial charge in [0.05, 0.1) is 25.9 Å². The van der Waals surface area contributed by atoms with Crippen molar-refractivity contribution in [1.29, 1.82) is 0 Å². The van der Waals surface area contributed by atoms with Crippen LogP contribution >= 0.6 is 0 Å². The van der Waals surface area contributed by atoms with Gasteiger partial charge in [-0.3, -0.25) is 5.01 Å². The summed E-state index contributed by atoms with van der Waals surface area (Å²) >= 11 is 0. The van der Waals surface area contributed by atoms with Gasteiger partial charge in [-0.05, 0) is 38.1 Å². The second-order valence-electron chi connectivity index (χ2n) is 6.39. The second-order valence-corrected chi connectivity index (χ2v) is 6.39. The van der Waals surface area contributed by atoms with Crippen LogP contribution < -0.4 is 9.75 Å². The summed E-state index contributed by atoms with van der Waals surface area (Å²) < 4.78 is 10.1. The van der Waals surface area contributed by atoms with E-state index in [1.54, 1.807) is 7.11 Å². The largest absolute Gasteiger partial charge is 0.497 e. The van der Waals surface area contributed by atoms with E-state index in [4.69, 9.17) is 9.47 Å². The molecule has 5 nitrogen and oxygen atoms in total. The van der Waals surface area contributed by atoms with Gasteiger partial charge in [-0.2, -0.15) is 5.10 Å². The van der Waals surface area contributed by atoms with Crippen molar-refractivity contribution in [1.82, 2.24) is 0 Å². The van der Waals surface area contributed by atoms with Gasteiger partial charge in [-0.15, -0.1) is 0 Å². The maximum absolute atomic E-state index is 12.1. The van der Waals surface area contributed by atoms with Gasteiger partial charge in [0.2, 0.25) is 0 Å². The van der Waals surface area contributed by atoms with Crippen LogP contribution in [0.5, 0.6) is 5.75 Å². The highest BCUT2D eigenvalue weighted by Crippen LogP contribution is 2.39. The quantitative estimate of drug-likeness (QED) is 0.631. The van der Waals surface area contributed by atoms with E-state index in [-0.39, 0.29) is 6.04 Å². The first-order valence-corrected chi connectivity index (χ1v) is 7.57. The van der Waals surface area contributed by atoms with Crippen LogP contribution in [0.2, 0.25) is 0 Å². The Morgan fingerprint density at radius 1 is 1.22 bits per heavy atom. The SMILES string of the molecule is COC(=O)C1=NN(c2ccc(OC)cc2)C(C=C(C)C)C1(C)C. The van der Waals surface area contributed by atoms with Gasteiger partial charge in [0.25, 0.3) is 0 Å². The summed E-state index contributed by atoms with van der Waals surface area (Å²) in [7, 11) is 3.01. The number of carbonyl (C=O) groups is 1. The summed E-state index contributed by atoms with van der Waals surface area (Å²) in [6, 6.07) is 7.57. The Bertz CT molecular complexity index is 641. The highest BCUT2D eigenvalue weighted by molar-refractivity contribution is 6.39. The average molecular weight is 316 g/mol. The van der Waals surface area contributed by atoms with E-state index in [9.17, 15) is 4.79 Å². The van der Waals surface area contributed by atoms with E-state index in [1.165, 1.54) is 12.7 Å². The third kappa shape index (κ3) is 3.23. The topological polar surface area (TPSA) is 51.1 Å². The van der Waals surface area contributed by atoms with Crippen LogP contribution in [0.1, 0.15) is 27.7 Å². The number of hydrogen-bond donors (Lipinski definition) is 0. The average Bonchev–Trinajstić information content (AvgIpc) is 2.78. The fourth-order valence-corrected chi connectivity index (χ4v) is 2.69. The monoisotopic (exact) mass is 316 g/mol. The molecule has 0 spiro atoms. The molecule has 0 bridgehead atoms. The lowest BCUT2D eigenvalue weighted by molar-refractivity contribution is -0.133. The smallest absolute Gasteiger partial charge is 0.354 e. The van der Waals surface area contributed by atoms with Crippen molar-refractivity contribution in [2.24, 2.45) is 10.5 Å². The minimum absolute atomic E-state index is 0.0602. The minimum Gasteiger partial charge on any atom is -0.497 e. The molecule has 5 heteroatoms. The molecule has 0 fully saturated rings. The Kier molecular flexibility index (Phi) is 4.78. The molecule has 0 N–H and O–H groups in total. The Balaban J connectivity index is 2.50. The van der Waals surface area contributed by atoms with Crippen molar-refractivity contribution in [3.05, 3.63) is 35.9 Å². The summed E-state index contributed by atoms with van der Waals surface area (Å²) in [4.78, 5) is 12.1. The molecular weight excluding hydrogens is 292 g/mol. The molecule has 0 aromatic heterocycles. The van der Waals surface area contributed by atoms with Gasteiger partial charge < -0.3 is 9.47 Å². The Morgan fingerprint density at radius 3 is 2.30 bits per heavy atom. The molecule has 0 aliphatic carbocycles. The van der Waals surface area contributed by atoms with E-state index in [1.807, 2.05) is 57.0 Å². The molecule has 1 atom stereocenters. The second kappa shape index (κ2) is 6.44. The molecule has 2 rings (SSSR count). The number of carbonyl (C=O) groups excluding carboxylic acids is 1. The van der Waals surface area contributed by atoms with Crippen molar-refractivity contribution in [3.8, 4) is 5.75 Å². The summed E-state index contributed by atoms with van der Waals surface area (Å²) in [5.41, 5.74) is 2.05. The highest BCUT2D eigenvalue weighted by atomic mass is 16.5. The molecule has 1 aliphatic rings. The van der Waals surface area contributed by atoms with Gasteiger partial charge in [-0.25, -0.2) is 4.79 Å². The normalized spacial score (nSPS) is 19.1. The molecule has 23 heavy (non-hydrogen) atoms. The summed E-state index contributed by atoms with van der Waals surface area (Å²) in [5.74, 6) is 0.390. The van der Waals surface area contributed by atoms with Gasteiger partial charge in [-0.1, -0.05) is 25.5 Å². The number of nitrogens with zero attached hydrogens (tertiary/aromatic N) is 2. The number of benzene rings is 1. The van der Waals surface area contributed by atoms with E-state index >= 15 is 0 Å². The Hall–Kier alpha value is -2.30. The number of rotatable bonds is 4. The van der Waals surface area contributed by atoms with Gasteiger partial charge in [0, 0.05) is 5.41 Å². The number of anilines is 1. The lowest BCUT2D eigenvalue weighted by Gasteiger charge is -2.30. The van der Waals surface area contributed by atoms with Crippen molar-refractivity contribution < 1.29 is 14.3 Å². The van der Waals surface area contributed by atoms with Crippen molar-refractivity contribution >= 4 is 17.4 Å². The minimum atomic E-state index is -0.454. The van der Waals surface area contributed by atoms with E-state index in [0.29, 0.717) is 5.71 Å². The third-order valence-corrected chi connectivity index (χ3v) is 4.03. The molecule has 1 aromatic carbocycles. The van der Waals surface area contributed by atoms with Crippen LogP contribution in [0.15, 0.2) is 41.0 Å². The molecule has 0 saturated heterocycles. The predicted octanol–water partition coefficient (Wildman–Crippen LogP) is 3.41. The zero-order valence-corrected chi connectivity index (χ0v) is 14.6. The molecule has 1 unspecified atom stereocenters. The zero-order chi connectivity index (χ0) is 17.2. The molecular formula is C18H24N2O3.